The molecule has 2 aromatic carbocycles. The van der Waals surface area contributed by atoms with Crippen molar-refractivity contribution in [3.63, 3.8) is 0 Å². The van der Waals surface area contributed by atoms with Crippen LogP contribution in [0.1, 0.15) is 17.7 Å². The largest absolute Gasteiger partial charge is 0.355 e. The number of sulfonamides is 1. The molecule has 0 unspecified atom stereocenters. The second-order valence-electron chi connectivity index (χ2n) is 7.31. The maximum absolute atomic E-state index is 13.0. The molecule has 0 radical (unpaired) electrons. The Balaban J connectivity index is 1.34. The van der Waals surface area contributed by atoms with Crippen LogP contribution in [0.5, 0.6) is 0 Å². The van der Waals surface area contributed by atoms with Crippen molar-refractivity contribution < 1.29 is 13.2 Å². The maximum Gasteiger partial charge on any atom is 0.243 e. The molecule has 0 aliphatic carbocycles. The van der Waals surface area contributed by atoms with Crippen molar-refractivity contribution in [1.29, 1.82) is 0 Å². The average molecular weight is 429 g/mol. The highest BCUT2D eigenvalue weighted by Gasteiger charge is 2.32. The van der Waals surface area contributed by atoms with Gasteiger partial charge in [0.05, 0.1) is 4.90 Å². The van der Waals surface area contributed by atoms with E-state index in [9.17, 15) is 13.2 Å². The van der Waals surface area contributed by atoms with Crippen LogP contribution in [0.25, 0.3) is 10.8 Å². The minimum absolute atomic E-state index is 0.0318. The lowest BCUT2D eigenvalue weighted by Gasteiger charge is -2.30. The van der Waals surface area contributed by atoms with Gasteiger partial charge in [-0.2, -0.15) is 4.31 Å². The van der Waals surface area contributed by atoms with Gasteiger partial charge >= 0.3 is 0 Å². The minimum Gasteiger partial charge on any atom is -0.355 e. The smallest absolute Gasteiger partial charge is 0.243 e. The number of piperidine rings is 1. The Labute approximate surface area is 175 Å². The Bertz CT molecular complexity index is 1090. The van der Waals surface area contributed by atoms with Crippen molar-refractivity contribution in [2.24, 2.45) is 5.92 Å². The number of carbonyl (C=O) groups is 1. The second-order valence-corrected chi connectivity index (χ2v) is 10.3. The summed E-state index contributed by atoms with van der Waals surface area (Å²) in [6.07, 6.45) is 1.94. The Morgan fingerprint density at radius 1 is 1.03 bits per heavy atom. The minimum atomic E-state index is -3.55. The summed E-state index contributed by atoms with van der Waals surface area (Å²) in [5.74, 6) is -0.0919. The molecular formula is C22H24N2O3S2. The molecule has 0 saturated carbocycles. The summed E-state index contributed by atoms with van der Waals surface area (Å²) < 4.78 is 27.6. The first-order chi connectivity index (χ1) is 14.0. The summed E-state index contributed by atoms with van der Waals surface area (Å²) in [5, 5.41) is 6.96. The molecule has 1 aliphatic rings. The van der Waals surface area contributed by atoms with Crippen molar-refractivity contribution in [3.8, 4) is 0 Å². The number of nitrogens with one attached hydrogen (secondary N) is 1. The summed E-state index contributed by atoms with van der Waals surface area (Å²) in [4.78, 5) is 14.0. The molecule has 1 amide bonds. The third-order valence-electron chi connectivity index (χ3n) is 5.43. The monoisotopic (exact) mass is 428 g/mol. The molecule has 152 valence electrons. The predicted molar refractivity (Wildman–Crippen MR) is 116 cm³/mol. The van der Waals surface area contributed by atoms with Crippen LogP contribution in [0.4, 0.5) is 0 Å². The summed E-state index contributed by atoms with van der Waals surface area (Å²) >= 11 is 1.69. The maximum atomic E-state index is 13.0. The van der Waals surface area contributed by atoms with E-state index in [-0.39, 0.29) is 11.8 Å². The van der Waals surface area contributed by atoms with Crippen LogP contribution in [0.2, 0.25) is 0 Å². The van der Waals surface area contributed by atoms with Gasteiger partial charge in [0.15, 0.2) is 0 Å². The van der Waals surface area contributed by atoms with E-state index in [2.05, 4.69) is 11.4 Å². The lowest BCUT2D eigenvalue weighted by Crippen LogP contribution is -2.43. The number of carbonyl (C=O) groups excluding carboxylic acids is 1. The SMILES string of the molecule is O=C(NCCc1cccs1)C1CCN(S(=O)(=O)c2ccc3ccccc3c2)CC1. The first kappa shape index (κ1) is 20.1. The molecule has 29 heavy (non-hydrogen) atoms. The predicted octanol–water partition coefficient (Wildman–Crippen LogP) is 3.66. The Kier molecular flexibility index (Phi) is 5.99. The van der Waals surface area contributed by atoms with Crippen LogP contribution in [-0.2, 0) is 21.2 Å². The van der Waals surface area contributed by atoms with E-state index in [1.165, 1.54) is 9.18 Å². The first-order valence-corrected chi connectivity index (χ1v) is 12.1. The third-order valence-corrected chi connectivity index (χ3v) is 8.26. The van der Waals surface area contributed by atoms with Crippen LogP contribution < -0.4 is 5.32 Å². The number of rotatable bonds is 6. The quantitative estimate of drug-likeness (QED) is 0.652. The second kappa shape index (κ2) is 8.65. The Morgan fingerprint density at radius 2 is 1.79 bits per heavy atom. The fourth-order valence-corrected chi connectivity index (χ4v) is 5.96. The normalized spacial score (nSPS) is 16.1. The third kappa shape index (κ3) is 4.52. The lowest BCUT2D eigenvalue weighted by molar-refractivity contribution is -0.126. The molecule has 1 aromatic heterocycles. The number of fused-ring (bicyclic) bond motifs is 1. The average Bonchev–Trinajstić information content (AvgIpc) is 3.27. The first-order valence-electron chi connectivity index (χ1n) is 9.83. The highest BCUT2D eigenvalue weighted by Crippen LogP contribution is 2.26. The van der Waals surface area contributed by atoms with Crippen molar-refractivity contribution in [1.82, 2.24) is 9.62 Å². The molecular weight excluding hydrogens is 404 g/mol. The molecule has 2 heterocycles. The highest BCUT2D eigenvalue weighted by molar-refractivity contribution is 7.89. The van der Waals surface area contributed by atoms with Gasteiger partial charge in [0.25, 0.3) is 0 Å². The molecule has 5 nitrogen and oxygen atoms in total. The zero-order chi connectivity index (χ0) is 20.3. The van der Waals surface area contributed by atoms with E-state index in [4.69, 9.17) is 0 Å². The Morgan fingerprint density at radius 3 is 2.52 bits per heavy atom. The fourth-order valence-electron chi connectivity index (χ4n) is 3.74. The van der Waals surface area contributed by atoms with Crippen LogP contribution in [0.3, 0.4) is 0 Å². The van der Waals surface area contributed by atoms with Gasteiger partial charge in [-0.15, -0.1) is 11.3 Å². The van der Waals surface area contributed by atoms with E-state index in [1.807, 2.05) is 41.8 Å². The van der Waals surface area contributed by atoms with Crippen molar-refractivity contribution in [2.45, 2.75) is 24.2 Å². The van der Waals surface area contributed by atoms with Crippen LogP contribution in [0.15, 0.2) is 64.9 Å². The molecule has 1 aliphatic heterocycles. The van der Waals surface area contributed by atoms with Gasteiger partial charge in [0.1, 0.15) is 0 Å². The van der Waals surface area contributed by atoms with Gasteiger partial charge in [-0.1, -0.05) is 36.4 Å². The zero-order valence-electron chi connectivity index (χ0n) is 16.1. The number of benzene rings is 2. The van der Waals surface area contributed by atoms with E-state index in [0.717, 1.165) is 17.2 Å². The topological polar surface area (TPSA) is 66.5 Å². The molecule has 7 heteroatoms. The molecule has 3 aromatic rings. The highest BCUT2D eigenvalue weighted by atomic mass is 32.2. The number of nitrogens with zero attached hydrogens (tertiary/aromatic N) is 1. The van der Waals surface area contributed by atoms with Gasteiger partial charge in [0, 0.05) is 30.4 Å². The van der Waals surface area contributed by atoms with Crippen LogP contribution in [-0.4, -0.2) is 38.3 Å². The summed E-state index contributed by atoms with van der Waals surface area (Å²) in [7, 11) is -3.55. The molecule has 4 rings (SSSR count). The number of hydrogen-bond acceptors (Lipinski definition) is 4. The lowest BCUT2D eigenvalue weighted by atomic mass is 9.97. The zero-order valence-corrected chi connectivity index (χ0v) is 17.7. The van der Waals surface area contributed by atoms with Crippen LogP contribution in [0, 0.1) is 5.92 Å². The van der Waals surface area contributed by atoms with Crippen molar-refractivity contribution >= 4 is 38.0 Å². The van der Waals surface area contributed by atoms with Gasteiger partial charge in [0.2, 0.25) is 15.9 Å². The van der Waals surface area contributed by atoms with Crippen molar-refractivity contribution in [2.75, 3.05) is 19.6 Å². The van der Waals surface area contributed by atoms with E-state index in [1.54, 1.807) is 23.5 Å². The molecule has 0 spiro atoms. The standard InChI is InChI=1S/C22H24N2O3S2/c25-22(23-12-9-20-6-3-15-28-20)18-10-13-24(14-11-18)29(26,27)21-8-7-17-4-1-2-5-19(17)16-21/h1-8,15-16,18H,9-14H2,(H,23,25). The van der Waals surface area contributed by atoms with Gasteiger partial charge in [-0.3, -0.25) is 4.79 Å². The van der Waals surface area contributed by atoms with E-state index >= 15 is 0 Å². The molecule has 0 bridgehead atoms. The number of amides is 1. The molecule has 1 N–H and O–H groups in total. The molecule has 0 atom stereocenters. The molecule has 1 fully saturated rings. The van der Waals surface area contributed by atoms with Crippen LogP contribution >= 0.6 is 11.3 Å². The van der Waals surface area contributed by atoms with E-state index in [0.29, 0.717) is 37.4 Å². The van der Waals surface area contributed by atoms with Gasteiger partial charge in [-0.05, 0) is 53.6 Å². The number of hydrogen-bond donors (Lipinski definition) is 1. The van der Waals surface area contributed by atoms with E-state index < -0.39 is 10.0 Å². The van der Waals surface area contributed by atoms with Gasteiger partial charge in [-0.25, -0.2) is 8.42 Å². The summed E-state index contributed by atoms with van der Waals surface area (Å²) in [6, 6.07) is 17.0. The fraction of sp³-hybridized carbons (Fsp3) is 0.318. The number of thiophene rings is 1. The summed E-state index contributed by atoms with van der Waals surface area (Å²) in [6.45, 7) is 1.37. The van der Waals surface area contributed by atoms with Gasteiger partial charge < -0.3 is 5.32 Å². The van der Waals surface area contributed by atoms with Crippen molar-refractivity contribution in [3.05, 3.63) is 64.9 Å². The summed E-state index contributed by atoms with van der Waals surface area (Å²) in [5.41, 5.74) is 0. The molecule has 1 saturated heterocycles. The Hall–Kier alpha value is -2.22.